The first-order chi connectivity index (χ1) is 7.42. The molecule has 0 fully saturated rings. The molecule has 1 aromatic carbocycles. The summed E-state index contributed by atoms with van der Waals surface area (Å²) >= 11 is 5.93. The van der Waals surface area contributed by atoms with Gasteiger partial charge in [0.25, 0.3) is 0 Å². The monoisotopic (exact) mass is 263 g/mol. The molecule has 0 atom stereocenters. The fourth-order valence-electron chi connectivity index (χ4n) is 1.09. The van der Waals surface area contributed by atoms with Crippen LogP contribution >= 0.6 is 11.6 Å². The molecule has 0 amide bonds. The van der Waals surface area contributed by atoms with Crippen LogP contribution in [0.1, 0.15) is 5.56 Å². The summed E-state index contributed by atoms with van der Waals surface area (Å²) in [6.45, 7) is 0.504. The third-order valence-corrected chi connectivity index (χ3v) is 3.15. The highest BCUT2D eigenvalue weighted by Crippen LogP contribution is 2.25. The lowest BCUT2D eigenvalue weighted by molar-refractivity contribution is 0.341. The SMILES string of the molecule is CS(=O)(=O)CCOc1ccc(CN)cc1Cl. The minimum absolute atomic E-state index is 0.0258. The second-order valence-corrected chi connectivity index (χ2v) is 6.11. The molecule has 0 aliphatic carbocycles. The number of nitrogens with two attached hydrogens (primary N) is 1. The summed E-state index contributed by atoms with van der Waals surface area (Å²) in [6.07, 6.45) is 1.16. The van der Waals surface area contributed by atoms with Gasteiger partial charge >= 0.3 is 0 Å². The van der Waals surface area contributed by atoms with Gasteiger partial charge in [-0.05, 0) is 17.7 Å². The Hall–Kier alpha value is -0.780. The molecule has 2 N–H and O–H groups in total. The molecule has 1 aromatic rings. The second kappa shape index (κ2) is 5.52. The molecule has 0 spiro atoms. The van der Waals surface area contributed by atoms with Gasteiger partial charge in [-0.3, -0.25) is 0 Å². The van der Waals surface area contributed by atoms with Crippen molar-refractivity contribution in [1.29, 1.82) is 0 Å². The molecule has 0 unspecified atom stereocenters. The van der Waals surface area contributed by atoms with E-state index in [0.717, 1.165) is 11.8 Å². The molecule has 0 bridgehead atoms. The first-order valence-electron chi connectivity index (χ1n) is 4.71. The van der Waals surface area contributed by atoms with E-state index >= 15 is 0 Å². The van der Waals surface area contributed by atoms with Crippen molar-refractivity contribution in [1.82, 2.24) is 0 Å². The molecule has 90 valence electrons. The Balaban J connectivity index is 2.61. The molecule has 0 aliphatic heterocycles. The highest BCUT2D eigenvalue weighted by atomic mass is 35.5. The number of hydrogen-bond acceptors (Lipinski definition) is 4. The van der Waals surface area contributed by atoms with Crippen molar-refractivity contribution in [3.05, 3.63) is 28.8 Å². The number of ether oxygens (including phenoxy) is 1. The highest BCUT2D eigenvalue weighted by molar-refractivity contribution is 7.90. The van der Waals surface area contributed by atoms with Gasteiger partial charge in [-0.15, -0.1) is 0 Å². The van der Waals surface area contributed by atoms with Crippen LogP contribution in [0.4, 0.5) is 0 Å². The van der Waals surface area contributed by atoms with E-state index in [1.165, 1.54) is 0 Å². The maximum Gasteiger partial charge on any atom is 0.150 e. The Bertz CT molecular complexity index is 459. The van der Waals surface area contributed by atoms with E-state index in [1.807, 2.05) is 0 Å². The van der Waals surface area contributed by atoms with Gasteiger partial charge in [0.15, 0.2) is 9.84 Å². The molecule has 1 rings (SSSR count). The third-order valence-electron chi connectivity index (χ3n) is 1.94. The summed E-state index contributed by atoms with van der Waals surface area (Å²) in [5.41, 5.74) is 6.35. The predicted molar refractivity (Wildman–Crippen MR) is 64.5 cm³/mol. The Morgan fingerprint density at radius 2 is 2.12 bits per heavy atom. The Kier molecular flexibility index (Phi) is 4.58. The maximum atomic E-state index is 10.9. The lowest BCUT2D eigenvalue weighted by Crippen LogP contribution is -2.12. The fraction of sp³-hybridized carbons (Fsp3) is 0.400. The summed E-state index contributed by atoms with van der Waals surface area (Å²) in [5.74, 6) is 0.449. The maximum absolute atomic E-state index is 10.9. The fourth-order valence-corrected chi connectivity index (χ4v) is 1.74. The second-order valence-electron chi connectivity index (χ2n) is 3.45. The van der Waals surface area contributed by atoms with Crippen molar-refractivity contribution < 1.29 is 13.2 Å². The quantitative estimate of drug-likeness (QED) is 0.867. The largest absolute Gasteiger partial charge is 0.491 e. The van der Waals surface area contributed by atoms with E-state index in [1.54, 1.807) is 18.2 Å². The van der Waals surface area contributed by atoms with E-state index in [-0.39, 0.29) is 12.4 Å². The van der Waals surface area contributed by atoms with Crippen LogP contribution in [0.15, 0.2) is 18.2 Å². The standard InChI is InChI=1S/C10H14ClNO3S/c1-16(13,14)5-4-15-10-3-2-8(7-12)6-9(10)11/h2-3,6H,4-5,7,12H2,1H3. The van der Waals surface area contributed by atoms with Crippen LogP contribution in [0.3, 0.4) is 0 Å². The Labute approximate surface area is 100 Å². The van der Waals surface area contributed by atoms with Crippen LogP contribution in [0.25, 0.3) is 0 Å². The van der Waals surface area contributed by atoms with Crippen molar-refractivity contribution in [3.8, 4) is 5.75 Å². The first kappa shape index (κ1) is 13.3. The molecule has 0 aliphatic rings. The molecule has 0 saturated carbocycles. The summed E-state index contributed by atoms with van der Waals surface area (Å²) in [6, 6.07) is 5.19. The topological polar surface area (TPSA) is 69.4 Å². The van der Waals surface area contributed by atoms with Crippen LogP contribution in [0.5, 0.6) is 5.75 Å². The minimum atomic E-state index is -3.01. The zero-order valence-electron chi connectivity index (χ0n) is 8.94. The van der Waals surface area contributed by atoms with Crippen molar-refractivity contribution in [2.75, 3.05) is 18.6 Å². The lowest BCUT2D eigenvalue weighted by atomic mass is 10.2. The van der Waals surface area contributed by atoms with E-state index in [4.69, 9.17) is 22.1 Å². The number of halogens is 1. The lowest BCUT2D eigenvalue weighted by Gasteiger charge is -2.08. The zero-order chi connectivity index (χ0) is 12.2. The summed E-state index contributed by atoms with van der Waals surface area (Å²) < 4.78 is 27.0. The van der Waals surface area contributed by atoms with Gasteiger partial charge in [-0.2, -0.15) is 0 Å². The summed E-state index contributed by atoms with van der Waals surface area (Å²) in [5, 5.41) is 0.441. The molecule has 0 aromatic heterocycles. The van der Waals surface area contributed by atoms with Crippen molar-refractivity contribution in [2.45, 2.75) is 6.54 Å². The molecule has 0 radical (unpaired) electrons. The van der Waals surface area contributed by atoms with Crippen LogP contribution in [0, 0.1) is 0 Å². The van der Waals surface area contributed by atoms with Gasteiger partial charge in [0.05, 0.1) is 10.8 Å². The van der Waals surface area contributed by atoms with Gasteiger partial charge in [0.1, 0.15) is 12.4 Å². The van der Waals surface area contributed by atoms with E-state index < -0.39 is 9.84 Å². The van der Waals surface area contributed by atoms with Crippen molar-refractivity contribution in [3.63, 3.8) is 0 Å². The molecule has 6 heteroatoms. The van der Waals surface area contributed by atoms with Crippen LogP contribution in [0.2, 0.25) is 5.02 Å². The van der Waals surface area contributed by atoms with Gasteiger partial charge in [0, 0.05) is 12.8 Å². The summed E-state index contributed by atoms with van der Waals surface area (Å²) in [4.78, 5) is 0. The molecule has 16 heavy (non-hydrogen) atoms. The van der Waals surface area contributed by atoms with Crippen LogP contribution < -0.4 is 10.5 Å². The smallest absolute Gasteiger partial charge is 0.150 e. The average Bonchev–Trinajstić information content (AvgIpc) is 2.18. The predicted octanol–water partition coefficient (Wildman–Crippen LogP) is 1.22. The molecule has 0 heterocycles. The first-order valence-corrected chi connectivity index (χ1v) is 7.15. The molecule has 4 nitrogen and oxygen atoms in total. The number of rotatable bonds is 5. The van der Waals surface area contributed by atoms with E-state index in [0.29, 0.717) is 17.3 Å². The van der Waals surface area contributed by atoms with Crippen molar-refractivity contribution in [2.24, 2.45) is 5.73 Å². The normalized spacial score (nSPS) is 11.4. The van der Waals surface area contributed by atoms with Gasteiger partial charge in [-0.1, -0.05) is 17.7 Å². The number of sulfone groups is 1. The van der Waals surface area contributed by atoms with E-state index in [2.05, 4.69) is 0 Å². The van der Waals surface area contributed by atoms with Crippen LogP contribution in [-0.2, 0) is 16.4 Å². The summed E-state index contributed by atoms with van der Waals surface area (Å²) in [7, 11) is -3.01. The Morgan fingerprint density at radius 1 is 1.44 bits per heavy atom. The Morgan fingerprint density at radius 3 is 2.62 bits per heavy atom. The number of benzene rings is 1. The highest BCUT2D eigenvalue weighted by Gasteiger charge is 2.05. The molecule has 0 saturated heterocycles. The molecular weight excluding hydrogens is 250 g/mol. The van der Waals surface area contributed by atoms with Crippen molar-refractivity contribution >= 4 is 21.4 Å². The number of hydrogen-bond donors (Lipinski definition) is 1. The van der Waals surface area contributed by atoms with Gasteiger partial charge in [0.2, 0.25) is 0 Å². The van der Waals surface area contributed by atoms with Gasteiger partial charge in [-0.25, -0.2) is 8.42 Å². The zero-order valence-corrected chi connectivity index (χ0v) is 10.5. The minimum Gasteiger partial charge on any atom is -0.491 e. The average molecular weight is 264 g/mol. The molecular formula is C10H14ClNO3S. The third kappa shape index (κ3) is 4.38. The van der Waals surface area contributed by atoms with Gasteiger partial charge < -0.3 is 10.5 Å². The van der Waals surface area contributed by atoms with Crippen LogP contribution in [-0.4, -0.2) is 27.0 Å². The van der Waals surface area contributed by atoms with E-state index in [9.17, 15) is 8.42 Å².